The number of ether oxygens (including phenoxy) is 4. The van der Waals surface area contributed by atoms with Gasteiger partial charge >= 0.3 is 5.97 Å². The Kier molecular flexibility index (Phi) is 7.12. The third kappa shape index (κ3) is 5.03. The number of carbonyl (C=O) groups is 2. The highest BCUT2D eigenvalue weighted by Gasteiger charge is 2.23. The number of hydrogen-bond acceptors (Lipinski definition) is 6. The Bertz CT molecular complexity index is 614. The molecule has 1 aromatic rings. The highest BCUT2D eigenvalue weighted by atomic mass is 16.5. The summed E-state index contributed by atoms with van der Waals surface area (Å²) in [5.41, 5.74) is 0.646. The van der Waals surface area contributed by atoms with Crippen molar-refractivity contribution in [2.75, 3.05) is 21.3 Å². The summed E-state index contributed by atoms with van der Waals surface area (Å²) in [6.07, 6.45) is 3.39. The fraction of sp³-hybridized carbons (Fsp3) is 0.579. The van der Waals surface area contributed by atoms with Crippen LogP contribution in [0.4, 0.5) is 0 Å². The van der Waals surface area contributed by atoms with Crippen LogP contribution in [-0.2, 0) is 20.7 Å². The summed E-state index contributed by atoms with van der Waals surface area (Å²) >= 11 is 0. The molecule has 144 valence electrons. The quantitative estimate of drug-likeness (QED) is 0.712. The minimum Gasteiger partial charge on any atom is -0.493 e. The molecule has 1 aliphatic rings. The molecule has 1 unspecified atom stereocenters. The third-order valence-electron chi connectivity index (χ3n) is 4.45. The first-order valence-electron chi connectivity index (χ1n) is 8.77. The smallest absolute Gasteiger partial charge is 0.311 e. The van der Waals surface area contributed by atoms with Crippen molar-refractivity contribution in [2.24, 2.45) is 0 Å². The zero-order valence-corrected chi connectivity index (χ0v) is 15.8. The molecule has 0 saturated heterocycles. The summed E-state index contributed by atoms with van der Waals surface area (Å²) in [5.74, 6) is 0.628. The molecule has 1 saturated carbocycles. The van der Waals surface area contributed by atoms with Crippen LogP contribution in [0.2, 0.25) is 0 Å². The minimum atomic E-state index is -0.829. The summed E-state index contributed by atoms with van der Waals surface area (Å²) in [4.78, 5) is 24.3. The van der Waals surface area contributed by atoms with Crippen LogP contribution in [0.25, 0.3) is 0 Å². The zero-order chi connectivity index (χ0) is 19.1. The number of nitrogens with one attached hydrogen (secondary N) is 1. The largest absolute Gasteiger partial charge is 0.493 e. The molecule has 1 atom stereocenters. The van der Waals surface area contributed by atoms with Crippen LogP contribution in [-0.4, -0.2) is 45.4 Å². The van der Waals surface area contributed by atoms with Crippen LogP contribution in [0.15, 0.2) is 12.1 Å². The van der Waals surface area contributed by atoms with E-state index in [1.165, 1.54) is 21.3 Å². The summed E-state index contributed by atoms with van der Waals surface area (Å²) in [6, 6.07) is 3.57. The number of methoxy groups -OCH3 is 3. The molecule has 1 fully saturated rings. The maximum atomic E-state index is 12.2. The molecule has 0 spiro atoms. The average molecular weight is 365 g/mol. The van der Waals surface area contributed by atoms with E-state index in [1.807, 2.05) is 0 Å². The van der Waals surface area contributed by atoms with E-state index in [0.29, 0.717) is 22.8 Å². The van der Waals surface area contributed by atoms with E-state index in [9.17, 15) is 9.59 Å². The van der Waals surface area contributed by atoms with Crippen molar-refractivity contribution in [3.8, 4) is 17.2 Å². The Labute approximate surface area is 153 Å². The maximum Gasteiger partial charge on any atom is 0.311 e. The molecule has 1 amide bonds. The third-order valence-corrected chi connectivity index (χ3v) is 4.45. The van der Waals surface area contributed by atoms with Gasteiger partial charge in [0, 0.05) is 6.04 Å². The lowest BCUT2D eigenvalue weighted by Gasteiger charge is -2.17. The summed E-state index contributed by atoms with van der Waals surface area (Å²) in [6.45, 7) is 1.58. The van der Waals surface area contributed by atoms with Crippen LogP contribution in [0.1, 0.15) is 38.2 Å². The second-order valence-corrected chi connectivity index (χ2v) is 6.33. The Morgan fingerprint density at radius 1 is 1.08 bits per heavy atom. The normalized spacial score (nSPS) is 15.2. The van der Waals surface area contributed by atoms with Gasteiger partial charge in [-0.2, -0.15) is 0 Å². The van der Waals surface area contributed by atoms with Crippen LogP contribution < -0.4 is 19.5 Å². The van der Waals surface area contributed by atoms with Crippen molar-refractivity contribution in [3.05, 3.63) is 17.7 Å². The van der Waals surface area contributed by atoms with Crippen molar-refractivity contribution in [3.63, 3.8) is 0 Å². The van der Waals surface area contributed by atoms with E-state index in [-0.39, 0.29) is 18.4 Å². The van der Waals surface area contributed by atoms with Crippen LogP contribution in [0.5, 0.6) is 17.2 Å². The van der Waals surface area contributed by atoms with Gasteiger partial charge in [-0.25, -0.2) is 0 Å². The molecular weight excluding hydrogens is 338 g/mol. The molecule has 2 rings (SSSR count). The Morgan fingerprint density at radius 3 is 2.15 bits per heavy atom. The first-order valence-corrected chi connectivity index (χ1v) is 8.77. The summed E-state index contributed by atoms with van der Waals surface area (Å²) in [5, 5.41) is 2.93. The molecule has 1 N–H and O–H groups in total. The van der Waals surface area contributed by atoms with Gasteiger partial charge in [-0.3, -0.25) is 9.59 Å². The summed E-state index contributed by atoms with van der Waals surface area (Å²) in [7, 11) is 4.53. The Balaban J connectivity index is 1.97. The van der Waals surface area contributed by atoms with Crippen LogP contribution >= 0.6 is 0 Å². The molecular formula is C19H27NO6. The zero-order valence-electron chi connectivity index (χ0n) is 15.8. The number of benzene rings is 1. The van der Waals surface area contributed by atoms with E-state index < -0.39 is 12.1 Å². The highest BCUT2D eigenvalue weighted by molar-refractivity contribution is 5.84. The summed E-state index contributed by atoms with van der Waals surface area (Å²) < 4.78 is 21.1. The maximum absolute atomic E-state index is 12.2. The molecule has 26 heavy (non-hydrogen) atoms. The molecule has 1 aromatic carbocycles. The predicted octanol–water partition coefficient (Wildman–Crippen LogP) is 2.25. The van der Waals surface area contributed by atoms with Crippen molar-refractivity contribution < 1.29 is 28.5 Å². The predicted molar refractivity (Wildman–Crippen MR) is 95.8 cm³/mol. The van der Waals surface area contributed by atoms with E-state index in [0.717, 1.165) is 25.7 Å². The monoisotopic (exact) mass is 365 g/mol. The van der Waals surface area contributed by atoms with Crippen LogP contribution in [0, 0.1) is 0 Å². The number of amides is 1. The van der Waals surface area contributed by atoms with Gasteiger partial charge < -0.3 is 24.3 Å². The lowest BCUT2D eigenvalue weighted by molar-refractivity contribution is -0.154. The minimum absolute atomic E-state index is 0.00222. The Hall–Kier alpha value is -2.44. The topological polar surface area (TPSA) is 83.1 Å². The first-order chi connectivity index (χ1) is 12.5. The van der Waals surface area contributed by atoms with E-state index >= 15 is 0 Å². The lowest BCUT2D eigenvalue weighted by Crippen LogP contribution is -2.41. The van der Waals surface area contributed by atoms with Crippen LogP contribution in [0.3, 0.4) is 0 Å². The van der Waals surface area contributed by atoms with Gasteiger partial charge in [0.2, 0.25) is 5.75 Å². The molecule has 0 aromatic heterocycles. The number of rotatable bonds is 8. The van der Waals surface area contributed by atoms with Gasteiger partial charge in [-0.15, -0.1) is 0 Å². The van der Waals surface area contributed by atoms with Gasteiger partial charge in [-0.1, -0.05) is 12.8 Å². The molecule has 7 heteroatoms. The van der Waals surface area contributed by atoms with E-state index in [1.54, 1.807) is 19.1 Å². The fourth-order valence-corrected chi connectivity index (χ4v) is 3.09. The SMILES string of the molecule is COc1cc(CC(=O)OC(C)C(=O)NC2CCCC2)cc(OC)c1OC. The van der Waals surface area contributed by atoms with E-state index in [2.05, 4.69) is 5.32 Å². The number of carbonyl (C=O) groups excluding carboxylic acids is 2. The molecule has 0 bridgehead atoms. The van der Waals surface area contributed by atoms with Crippen molar-refractivity contribution in [2.45, 2.75) is 51.2 Å². The van der Waals surface area contributed by atoms with Crippen molar-refractivity contribution in [1.29, 1.82) is 0 Å². The average Bonchev–Trinajstić information content (AvgIpc) is 3.13. The fourth-order valence-electron chi connectivity index (χ4n) is 3.09. The second kappa shape index (κ2) is 9.31. The number of hydrogen-bond donors (Lipinski definition) is 1. The molecule has 7 nitrogen and oxygen atoms in total. The van der Waals surface area contributed by atoms with Crippen molar-refractivity contribution in [1.82, 2.24) is 5.32 Å². The highest BCUT2D eigenvalue weighted by Crippen LogP contribution is 2.38. The standard InChI is InChI=1S/C19H27NO6/c1-12(19(22)20-14-7-5-6-8-14)26-17(21)11-13-9-15(23-2)18(25-4)16(10-13)24-3/h9-10,12,14H,5-8,11H2,1-4H3,(H,20,22). The second-order valence-electron chi connectivity index (χ2n) is 6.33. The first kappa shape index (κ1) is 19.9. The molecule has 1 aliphatic carbocycles. The molecule has 0 heterocycles. The van der Waals surface area contributed by atoms with Gasteiger partial charge in [0.1, 0.15) is 0 Å². The van der Waals surface area contributed by atoms with Gasteiger partial charge in [0.25, 0.3) is 5.91 Å². The molecule has 0 radical (unpaired) electrons. The van der Waals surface area contributed by atoms with Gasteiger partial charge in [0.15, 0.2) is 17.6 Å². The van der Waals surface area contributed by atoms with Gasteiger partial charge in [-0.05, 0) is 37.5 Å². The number of esters is 1. The lowest BCUT2D eigenvalue weighted by atomic mass is 10.1. The van der Waals surface area contributed by atoms with Crippen molar-refractivity contribution >= 4 is 11.9 Å². The Morgan fingerprint density at radius 2 is 1.65 bits per heavy atom. The van der Waals surface area contributed by atoms with E-state index in [4.69, 9.17) is 18.9 Å². The molecule has 0 aliphatic heterocycles. The van der Waals surface area contributed by atoms with Gasteiger partial charge in [0.05, 0.1) is 27.8 Å².